The van der Waals surface area contributed by atoms with E-state index in [1.54, 1.807) is 0 Å². The number of hydrogen-bond donors (Lipinski definition) is 2. The van der Waals surface area contributed by atoms with Crippen LogP contribution in [0.15, 0.2) is 29.2 Å². The van der Waals surface area contributed by atoms with Gasteiger partial charge in [-0.05, 0) is 6.07 Å². The summed E-state index contributed by atoms with van der Waals surface area (Å²) in [5, 5.41) is 13.9. The number of ether oxygens (including phenoxy) is 2. The number of amides is 3. The largest absolute Gasteiger partial charge is 0.502 e. The van der Waals surface area contributed by atoms with Gasteiger partial charge in [0.25, 0.3) is 11.8 Å². The zero-order valence-corrected chi connectivity index (χ0v) is 18.6. The monoisotopic (exact) mass is 492 g/mol. The molecule has 13 heteroatoms. The molecule has 0 saturated carbocycles. The molecule has 1 unspecified atom stereocenters. The number of aromatic hydroxyl groups is 1. The second kappa shape index (κ2) is 9.80. The Bertz CT molecular complexity index is 1240. The van der Waals surface area contributed by atoms with E-state index in [2.05, 4.69) is 5.32 Å². The van der Waals surface area contributed by atoms with Crippen LogP contribution in [0, 0.1) is 11.6 Å². The fourth-order valence-electron chi connectivity index (χ4n) is 3.80. The maximum Gasteiger partial charge on any atom is 0.278 e. The van der Waals surface area contributed by atoms with Crippen molar-refractivity contribution in [2.45, 2.75) is 19.6 Å². The van der Waals surface area contributed by atoms with E-state index in [-0.39, 0.29) is 31.9 Å². The van der Waals surface area contributed by atoms with Crippen molar-refractivity contribution in [1.29, 1.82) is 0 Å². The number of nitrogens with one attached hydrogen (secondary N) is 1. The first-order valence-corrected chi connectivity index (χ1v) is 10.6. The summed E-state index contributed by atoms with van der Waals surface area (Å²) in [6, 6.07) is 2.79. The first kappa shape index (κ1) is 24.3. The number of carbonyl (C=O) groups is 3. The molecule has 4 rings (SSSR count). The van der Waals surface area contributed by atoms with Gasteiger partial charge in [-0.25, -0.2) is 18.5 Å². The summed E-state index contributed by atoms with van der Waals surface area (Å²) in [7, 11) is 0. The lowest BCUT2D eigenvalue weighted by Gasteiger charge is -2.39. The average Bonchev–Trinajstić information content (AvgIpc) is 2.82. The number of carbonyl (C=O) groups excluding carboxylic acids is 3. The van der Waals surface area contributed by atoms with E-state index >= 15 is 0 Å². The average molecular weight is 492 g/mol. The second-order valence-electron chi connectivity index (χ2n) is 7.99. The Labute approximate surface area is 197 Å². The van der Waals surface area contributed by atoms with Crippen molar-refractivity contribution < 1.29 is 37.7 Å². The van der Waals surface area contributed by atoms with Crippen molar-refractivity contribution in [3.05, 3.63) is 63.1 Å². The highest BCUT2D eigenvalue weighted by atomic mass is 19.1. The van der Waals surface area contributed by atoms with Crippen LogP contribution in [-0.2, 0) is 20.8 Å². The highest BCUT2D eigenvalue weighted by Crippen LogP contribution is 2.22. The molecule has 0 bridgehead atoms. The standard InChI is InChI=1S/C22H22F2N4O7/c1-12(29)28-11-26(8-15-10-34-4-5-35-15)22(33)18-20(31)19(30)16(9-27(18)28)21(32)25-7-13-2-3-14(23)6-17(13)24/h2-3,6,9,15,31H,4-5,7-8,10-11H2,1H3,(H,25,32). The topological polar surface area (TPSA) is 130 Å². The van der Waals surface area contributed by atoms with Gasteiger partial charge in [-0.15, -0.1) is 0 Å². The minimum atomic E-state index is -1.15. The highest BCUT2D eigenvalue weighted by molar-refractivity contribution is 6.01. The third-order valence-electron chi connectivity index (χ3n) is 5.59. The molecule has 186 valence electrons. The SMILES string of the molecule is CC(=O)N1CN(CC2COCCO2)C(=O)c2c(O)c(=O)c(C(=O)NCc3ccc(F)cc3F)cn21. The number of fused-ring (bicyclic) bond motifs is 1. The van der Waals surface area contributed by atoms with Crippen LogP contribution < -0.4 is 15.8 Å². The Morgan fingerprint density at radius 2 is 2.00 bits per heavy atom. The maximum absolute atomic E-state index is 13.9. The van der Waals surface area contributed by atoms with Gasteiger partial charge >= 0.3 is 0 Å². The Kier molecular flexibility index (Phi) is 6.80. The van der Waals surface area contributed by atoms with Crippen LogP contribution >= 0.6 is 0 Å². The van der Waals surface area contributed by atoms with E-state index in [1.165, 1.54) is 11.8 Å². The molecule has 0 radical (unpaired) electrons. The summed E-state index contributed by atoms with van der Waals surface area (Å²) >= 11 is 0. The molecule has 3 heterocycles. The zero-order chi connectivity index (χ0) is 25.3. The van der Waals surface area contributed by atoms with E-state index in [1.807, 2.05) is 0 Å². The van der Waals surface area contributed by atoms with Crippen molar-refractivity contribution in [3.63, 3.8) is 0 Å². The highest BCUT2D eigenvalue weighted by Gasteiger charge is 2.37. The molecule has 11 nitrogen and oxygen atoms in total. The summed E-state index contributed by atoms with van der Waals surface area (Å²) in [5.41, 5.74) is -2.25. The van der Waals surface area contributed by atoms with Gasteiger partial charge in [0.05, 0.1) is 32.5 Å². The maximum atomic E-state index is 13.9. The number of benzene rings is 1. The molecule has 2 N–H and O–H groups in total. The van der Waals surface area contributed by atoms with Crippen LogP contribution in [0.3, 0.4) is 0 Å². The molecule has 2 aromatic rings. The fourth-order valence-corrected chi connectivity index (χ4v) is 3.80. The van der Waals surface area contributed by atoms with Gasteiger partial charge in [-0.1, -0.05) is 6.07 Å². The number of rotatable bonds is 5. The van der Waals surface area contributed by atoms with Crippen molar-refractivity contribution in [2.75, 3.05) is 38.0 Å². The van der Waals surface area contributed by atoms with E-state index in [9.17, 15) is 33.1 Å². The normalized spacial score (nSPS) is 17.8. The molecule has 3 amide bonds. The smallest absolute Gasteiger partial charge is 0.278 e. The molecule has 1 aromatic heterocycles. The molecule has 35 heavy (non-hydrogen) atoms. The van der Waals surface area contributed by atoms with Crippen molar-refractivity contribution in [1.82, 2.24) is 14.9 Å². The predicted molar refractivity (Wildman–Crippen MR) is 115 cm³/mol. The molecule has 2 aliphatic rings. The van der Waals surface area contributed by atoms with Crippen LogP contribution in [0.5, 0.6) is 5.75 Å². The summed E-state index contributed by atoms with van der Waals surface area (Å²) < 4.78 is 38.8. The van der Waals surface area contributed by atoms with Gasteiger partial charge in [0.15, 0.2) is 11.4 Å². The van der Waals surface area contributed by atoms with Gasteiger partial charge in [-0.2, -0.15) is 0 Å². The molecule has 0 spiro atoms. The van der Waals surface area contributed by atoms with Crippen LogP contribution in [-0.4, -0.2) is 71.5 Å². The lowest BCUT2D eigenvalue weighted by Crippen LogP contribution is -2.58. The number of hydrogen-bond acceptors (Lipinski definition) is 7. The van der Waals surface area contributed by atoms with E-state index in [0.717, 1.165) is 28.0 Å². The van der Waals surface area contributed by atoms with Crippen LogP contribution in [0.4, 0.5) is 8.78 Å². The third-order valence-corrected chi connectivity index (χ3v) is 5.59. The summed E-state index contributed by atoms with van der Waals surface area (Å²) in [4.78, 5) is 52.1. The summed E-state index contributed by atoms with van der Waals surface area (Å²) in [5.74, 6) is -4.97. The lowest BCUT2D eigenvalue weighted by molar-refractivity contribution is -0.119. The van der Waals surface area contributed by atoms with Crippen molar-refractivity contribution >= 4 is 17.7 Å². The molecule has 1 saturated heterocycles. The van der Waals surface area contributed by atoms with Gasteiger partial charge in [0, 0.05) is 31.3 Å². The zero-order valence-electron chi connectivity index (χ0n) is 18.6. The second-order valence-corrected chi connectivity index (χ2v) is 7.99. The Morgan fingerprint density at radius 3 is 2.66 bits per heavy atom. The first-order valence-electron chi connectivity index (χ1n) is 10.6. The van der Waals surface area contributed by atoms with Gasteiger partial charge in [0.1, 0.15) is 23.9 Å². The minimum absolute atomic E-state index is 0.0351. The van der Waals surface area contributed by atoms with E-state index < -0.39 is 57.9 Å². The number of aromatic nitrogens is 1. The van der Waals surface area contributed by atoms with Crippen molar-refractivity contribution in [2.24, 2.45) is 0 Å². The Hall–Kier alpha value is -3.84. The van der Waals surface area contributed by atoms with Gasteiger partial charge in [0.2, 0.25) is 11.3 Å². The van der Waals surface area contributed by atoms with Gasteiger partial charge < -0.3 is 24.8 Å². The molecule has 0 aliphatic carbocycles. The van der Waals surface area contributed by atoms with E-state index in [4.69, 9.17) is 9.47 Å². The van der Waals surface area contributed by atoms with Crippen LogP contribution in [0.2, 0.25) is 0 Å². The molecular formula is C22H22F2N4O7. The quantitative estimate of drug-likeness (QED) is 0.604. The van der Waals surface area contributed by atoms with Crippen LogP contribution in [0.25, 0.3) is 0 Å². The molecule has 1 atom stereocenters. The molecular weight excluding hydrogens is 470 g/mol. The number of pyridine rings is 1. The van der Waals surface area contributed by atoms with Crippen molar-refractivity contribution in [3.8, 4) is 5.75 Å². The lowest BCUT2D eigenvalue weighted by atomic mass is 10.1. The minimum Gasteiger partial charge on any atom is -0.502 e. The molecule has 1 aromatic carbocycles. The molecule has 1 fully saturated rings. The third kappa shape index (κ3) is 4.86. The number of halogens is 2. The van der Waals surface area contributed by atoms with Gasteiger partial charge in [-0.3, -0.25) is 19.2 Å². The summed E-state index contributed by atoms with van der Waals surface area (Å²) in [6.07, 6.45) is 0.503. The predicted octanol–water partition coefficient (Wildman–Crippen LogP) is 0.0753. The first-order chi connectivity index (χ1) is 16.7. The molecule has 2 aliphatic heterocycles. The van der Waals surface area contributed by atoms with E-state index in [0.29, 0.717) is 19.3 Å². The summed E-state index contributed by atoms with van der Waals surface area (Å²) in [6.45, 7) is 1.64. The Balaban J connectivity index is 1.63. The Morgan fingerprint density at radius 1 is 1.23 bits per heavy atom. The number of nitrogens with zero attached hydrogens (tertiary/aromatic N) is 3. The van der Waals surface area contributed by atoms with Crippen LogP contribution in [0.1, 0.15) is 33.3 Å². The fraction of sp³-hybridized carbons (Fsp3) is 0.364.